The van der Waals surface area contributed by atoms with Crippen molar-refractivity contribution >= 4 is 28.5 Å². The number of nitrogens with one attached hydrogen (secondary N) is 1. The standard InChI is InChI=1S/C25H21NO5/c1-17-9-5-7-13-21(17)26-23(27)16-30-25(28)24-20(15-29-18-10-3-2-4-11-18)19-12-6-8-14-22(19)31-24/h2-14H,15-16H2,1H3,(H,26,27). The van der Waals surface area contributed by atoms with E-state index in [1.54, 1.807) is 12.1 Å². The van der Waals surface area contributed by atoms with Crippen LogP contribution in [0.3, 0.4) is 0 Å². The van der Waals surface area contributed by atoms with Gasteiger partial charge in [0, 0.05) is 11.1 Å². The molecule has 31 heavy (non-hydrogen) atoms. The first-order valence-corrected chi connectivity index (χ1v) is 9.82. The van der Waals surface area contributed by atoms with Gasteiger partial charge < -0.3 is 19.2 Å². The van der Waals surface area contributed by atoms with Gasteiger partial charge in [0.25, 0.3) is 5.91 Å². The highest BCUT2D eigenvalue weighted by molar-refractivity contribution is 5.98. The number of esters is 1. The van der Waals surface area contributed by atoms with Gasteiger partial charge in [-0.15, -0.1) is 0 Å². The van der Waals surface area contributed by atoms with E-state index >= 15 is 0 Å². The van der Waals surface area contributed by atoms with E-state index in [1.807, 2.05) is 73.7 Å². The second-order valence-electron chi connectivity index (χ2n) is 6.95. The highest BCUT2D eigenvalue weighted by atomic mass is 16.5. The minimum Gasteiger partial charge on any atom is -0.489 e. The molecule has 1 N–H and O–H groups in total. The molecule has 1 aromatic heterocycles. The summed E-state index contributed by atoms with van der Waals surface area (Å²) in [4.78, 5) is 24.9. The summed E-state index contributed by atoms with van der Waals surface area (Å²) in [5.74, 6) is -0.450. The third-order valence-corrected chi connectivity index (χ3v) is 4.76. The third kappa shape index (κ3) is 4.75. The van der Waals surface area contributed by atoms with Crippen LogP contribution in [-0.4, -0.2) is 18.5 Å². The predicted octanol–water partition coefficient (Wildman–Crippen LogP) is 5.12. The monoisotopic (exact) mass is 415 g/mol. The molecule has 0 bridgehead atoms. The lowest BCUT2D eigenvalue weighted by Gasteiger charge is -2.09. The van der Waals surface area contributed by atoms with Gasteiger partial charge in [0.2, 0.25) is 5.76 Å². The number of benzene rings is 3. The van der Waals surface area contributed by atoms with E-state index in [9.17, 15) is 9.59 Å². The zero-order valence-corrected chi connectivity index (χ0v) is 17.0. The maximum absolute atomic E-state index is 12.7. The van der Waals surface area contributed by atoms with Gasteiger partial charge in [-0.2, -0.15) is 0 Å². The Morgan fingerprint density at radius 2 is 1.61 bits per heavy atom. The van der Waals surface area contributed by atoms with Crippen molar-refractivity contribution in [2.45, 2.75) is 13.5 Å². The molecule has 0 unspecified atom stereocenters. The molecule has 1 amide bonds. The van der Waals surface area contributed by atoms with Crippen molar-refractivity contribution in [2.75, 3.05) is 11.9 Å². The van der Waals surface area contributed by atoms with E-state index in [4.69, 9.17) is 13.9 Å². The number of rotatable bonds is 7. The van der Waals surface area contributed by atoms with Gasteiger partial charge in [0.05, 0.1) is 5.56 Å². The Bertz CT molecular complexity index is 1210. The number of ether oxygens (including phenoxy) is 2. The fourth-order valence-corrected chi connectivity index (χ4v) is 3.18. The van der Waals surface area contributed by atoms with Crippen LogP contribution in [0.1, 0.15) is 21.7 Å². The number of anilines is 1. The smallest absolute Gasteiger partial charge is 0.375 e. The topological polar surface area (TPSA) is 77.8 Å². The fraction of sp³-hybridized carbons (Fsp3) is 0.120. The summed E-state index contributed by atoms with van der Waals surface area (Å²) >= 11 is 0. The van der Waals surface area contributed by atoms with Crippen molar-refractivity contribution in [3.05, 3.63) is 95.7 Å². The SMILES string of the molecule is Cc1ccccc1NC(=O)COC(=O)c1oc2ccccc2c1COc1ccccc1. The predicted molar refractivity (Wildman–Crippen MR) is 117 cm³/mol. The lowest BCUT2D eigenvalue weighted by atomic mass is 10.1. The Morgan fingerprint density at radius 1 is 0.903 bits per heavy atom. The number of carbonyl (C=O) groups excluding carboxylic acids is 2. The van der Waals surface area contributed by atoms with Gasteiger partial charge in [0.15, 0.2) is 6.61 Å². The summed E-state index contributed by atoms with van der Waals surface area (Å²) in [6, 6.07) is 23.9. The molecule has 0 fully saturated rings. The van der Waals surface area contributed by atoms with Crippen molar-refractivity contribution in [3.8, 4) is 5.75 Å². The summed E-state index contributed by atoms with van der Waals surface area (Å²) < 4.78 is 16.8. The lowest BCUT2D eigenvalue weighted by Crippen LogP contribution is -2.21. The second-order valence-corrected chi connectivity index (χ2v) is 6.95. The second kappa shape index (κ2) is 9.17. The molecule has 6 heteroatoms. The Morgan fingerprint density at radius 3 is 2.42 bits per heavy atom. The molecule has 6 nitrogen and oxygen atoms in total. The minimum atomic E-state index is -0.720. The van der Waals surface area contributed by atoms with Crippen molar-refractivity contribution in [1.29, 1.82) is 0 Å². The normalized spacial score (nSPS) is 10.6. The number of carbonyl (C=O) groups is 2. The molecular formula is C25H21NO5. The average Bonchev–Trinajstić information content (AvgIpc) is 3.17. The molecule has 0 saturated carbocycles. The molecule has 0 aliphatic carbocycles. The molecule has 4 rings (SSSR count). The number of para-hydroxylation sites is 3. The number of hydrogen-bond acceptors (Lipinski definition) is 5. The maximum atomic E-state index is 12.7. The Labute approximate surface area is 179 Å². The number of fused-ring (bicyclic) bond motifs is 1. The van der Waals surface area contributed by atoms with Crippen molar-refractivity contribution in [1.82, 2.24) is 0 Å². The minimum absolute atomic E-state index is 0.0285. The molecular weight excluding hydrogens is 394 g/mol. The summed E-state index contributed by atoms with van der Waals surface area (Å²) in [7, 11) is 0. The Hall–Kier alpha value is -4.06. The van der Waals surface area contributed by atoms with Crippen LogP contribution >= 0.6 is 0 Å². The molecule has 4 aromatic rings. The Balaban J connectivity index is 1.48. The van der Waals surface area contributed by atoms with Gasteiger partial charge in [-0.1, -0.05) is 54.6 Å². The molecule has 156 valence electrons. The van der Waals surface area contributed by atoms with Gasteiger partial charge >= 0.3 is 5.97 Å². The van der Waals surface area contributed by atoms with Crippen LogP contribution in [0.25, 0.3) is 11.0 Å². The van der Waals surface area contributed by atoms with Gasteiger partial charge in [-0.3, -0.25) is 4.79 Å². The third-order valence-electron chi connectivity index (χ3n) is 4.76. The molecule has 3 aromatic carbocycles. The van der Waals surface area contributed by atoms with Crippen LogP contribution < -0.4 is 10.1 Å². The zero-order valence-electron chi connectivity index (χ0n) is 17.0. The first kappa shape index (κ1) is 20.2. The van der Waals surface area contributed by atoms with Crippen LogP contribution in [0, 0.1) is 6.92 Å². The summed E-state index contributed by atoms with van der Waals surface area (Å²) in [6.07, 6.45) is 0. The van der Waals surface area contributed by atoms with E-state index < -0.39 is 18.5 Å². The van der Waals surface area contributed by atoms with Crippen LogP contribution in [0.15, 0.2) is 83.3 Å². The van der Waals surface area contributed by atoms with Gasteiger partial charge in [-0.05, 0) is 36.8 Å². The van der Waals surface area contributed by atoms with E-state index in [0.717, 1.165) is 10.9 Å². The van der Waals surface area contributed by atoms with Crippen LogP contribution in [0.4, 0.5) is 5.69 Å². The van der Waals surface area contributed by atoms with Crippen molar-refractivity contribution < 1.29 is 23.5 Å². The number of amides is 1. The highest BCUT2D eigenvalue weighted by Gasteiger charge is 2.23. The quantitative estimate of drug-likeness (QED) is 0.424. The highest BCUT2D eigenvalue weighted by Crippen LogP contribution is 2.28. The largest absolute Gasteiger partial charge is 0.489 e. The number of hydrogen-bond donors (Lipinski definition) is 1. The van der Waals surface area contributed by atoms with Crippen LogP contribution in [-0.2, 0) is 16.1 Å². The maximum Gasteiger partial charge on any atom is 0.375 e. The molecule has 0 saturated heterocycles. The molecule has 0 spiro atoms. The van der Waals surface area contributed by atoms with E-state index in [0.29, 0.717) is 22.6 Å². The van der Waals surface area contributed by atoms with Crippen molar-refractivity contribution in [2.24, 2.45) is 0 Å². The van der Waals surface area contributed by atoms with Gasteiger partial charge in [0.1, 0.15) is 17.9 Å². The Kier molecular flexibility index (Phi) is 5.98. The van der Waals surface area contributed by atoms with E-state index in [2.05, 4.69) is 5.32 Å². The molecule has 1 heterocycles. The first-order chi connectivity index (χ1) is 15.1. The molecule has 0 radical (unpaired) electrons. The zero-order chi connectivity index (χ0) is 21.6. The van der Waals surface area contributed by atoms with E-state index in [-0.39, 0.29) is 12.4 Å². The summed E-state index contributed by atoms with van der Waals surface area (Å²) in [6.45, 7) is 1.58. The van der Waals surface area contributed by atoms with E-state index in [1.165, 1.54) is 0 Å². The molecule has 0 aliphatic rings. The summed E-state index contributed by atoms with van der Waals surface area (Å²) in [5, 5.41) is 3.49. The number of furan rings is 1. The summed E-state index contributed by atoms with van der Waals surface area (Å²) in [5.41, 5.74) is 2.71. The first-order valence-electron chi connectivity index (χ1n) is 9.82. The lowest BCUT2D eigenvalue weighted by molar-refractivity contribution is -0.119. The van der Waals surface area contributed by atoms with Crippen LogP contribution in [0.5, 0.6) is 5.75 Å². The fourth-order valence-electron chi connectivity index (χ4n) is 3.18. The number of aryl methyl sites for hydroxylation is 1. The van der Waals surface area contributed by atoms with Crippen LogP contribution in [0.2, 0.25) is 0 Å². The van der Waals surface area contributed by atoms with Crippen molar-refractivity contribution in [3.63, 3.8) is 0 Å². The average molecular weight is 415 g/mol. The van der Waals surface area contributed by atoms with Gasteiger partial charge in [-0.25, -0.2) is 4.79 Å². The molecule has 0 atom stereocenters. The molecule has 0 aliphatic heterocycles.